The summed E-state index contributed by atoms with van der Waals surface area (Å²) in [6.07, 6.45) is 4.84. The molecule has 1 amide bonds. The summed E-state index contributed by atoms with van der Waals surface area (Å²) in [5.74, 6) is 1.72. The lowest BCUT2D eigenvalue weighted by molar-refractivity contribution is 0.0821. The molecule has 6 rings (SSSR count). The first-order chi connectivity index (χ1) is 17.8. The summed E-state index contributed by atoms with van der Waals surface area (Å²) in [6, 6.07) is 3.84. The standard InChI is InChI=1S/C26H35N9O2.ClH/c1-15-7-10-35(18-6-5-17(29-20(15)18)25(36)33(3)4)24-21-23(31-32-24)30-19(13-28-21)34-11-8-26(9-12-34)14-37-16(2)22(26)27;/h5-6,13,15-16,22H,7-12,14,27H2,1-4H3,(H,30,31,32);1H/t15-,16+,22-;/m1./s1. The number of nitrogens with one attached hydrogen (secondary N) is 1. The molecular weight excluding hydrogens is 506 g/mol. The number of piperidine rings is 1. The number of carbonyl (C=O) groups is 1. The number of nitrogens with zero attached hydrogens (tertiary/aromatic N) is 7. The van der Waals surface area contributed by atoms with Crippen LogP contribution in [0.5, 0.6) is 0 Å². The second kappa shape index (κ2) is 9.94. The predicted molar refractivity (Wildman–Crippen MR) is 148 cm³/mol. The molecule has 11 nitrogen and oxygen atoms in total. The maximum atomic E-state index is 12.5. The first kappa shape index (κ1) is 26.6. The average molecular weight is 542 g/mol. The van der Waals surface area contributed by atoms with Crippen molar-refractivity contribution in [1.29, 1.82) is 0 Å². The Hall–Kier alpha value is -3.02. The highest BCUT2D eigenvalue weighted by atomic mass is 35.5. The number of halogens is 1. The molecule has 3 aliphatic heterocycles. The van der Waals surface area contributed by atoms with E-state index in [1.54, 1.807) is 25.1 Å². The molecule has 0 bridgehead atoms. The van der Waals surface area contributed by atoms with Gasteiger partial charge in [0.05, 0.1) is 30.3 Å². The number of ether oxygens (including phenoxy) is 1. The van der Waals surface area contributed by atoms with Crippen LogP contribution in [-0.4, -0.2) is 88.4 Å². The first-order valence-electron chi connectivity index (χ1n) is 13.1. The highest BCUT2D eigenvalue weighted by Crippen LogP contribution is 2.42. The molecule has 3 aliphatic rings. The number of nitrogens with two attached hydrogens (primary N) is 1. The van der Waals surface area contributed by atoms with Crippen molar-refractivity contribution in [3.05, 3.63) is 29.7 Å². The third kappa shape index (κ3) is 4.26. The molecule has 3 atom stereocenters. The first-order valence-corrected chi connectivity index (χ1v) is 13.1. The van der Waals surface area contributed by atoms with Crippen molar-refractivity contribution in [2.45, 2.75) is 51.2 Å². The Labute approximate surface area is 228 Å². The molecule has 3 aromatic heterocycles. The number of rotatable bonds is 3. The quantitative estimate of drug-likeness (QED) is 0.514. The maximum absolute atomic E-state index is 12.5. The van der Waals surface area contributed by atoms with Crippen molar-refractivity contribution < 1.29 is 9.53 Å². The molecule has 2 saturated heterocycles. The van der Waals surface area contributed by atoms with E-state index in [0.717, 1.165) is 74.0 Å². The molecule has 38 heavy (non-hydrogen) atoms. The topological polar surface area (TPSA) is 129 Å². The zero-order valence-corrected chi connectivity index (χ0v) is 23.2. The Morgan fingerprint density at radius 1 is 1.18 bits per heavy atom. The minimum absolute atomic E-state index is 0. The second-order valence-electron chi connectivity index (χ2n) is 11.0. The van der Waals surface area contributed by atoms with Crippen molar-refractivity contribution in [1.82, 2.24) is 30.0 Å². The molecule has 12 heteroatoms. The van der Waals surface area contributed by atoms with Gasteiger partial charge in [-0.15, -0.1) is 12.4 Å². The van der Waals surface area contributed by atoms with Crippen LogP contribution in [0, 0.1) is 5.41 Å². The molecule has 6 heterocycles. The smallest absolute Gasteiger partial charge is 0.271 e. The van der Waals surface area contributed by atoms with Crippen LogP contribution in [-0.2, 0) is 4.74 Å². The van der Waals surface area contributed by atoms with E-state index in [4.69, 9.17) is 25.4 Å². The Kier molecular flexibility index (Phi) is 6.95. The number of hydrogen-bond acceptors (Lipinski definition) is 9. The predicted octanol–water partition coefficient (Wildman–Crippen LogP) is 2.85. The van der Waals surface area contributed by atoms with Crippen LogP contribution in [0.3, 0.4) is 0 Å². The Morgan fingerprint density at radius 2 is 1.95 bits per heavy atom. The lowest BCUT2D eigenvalue weighted by Gasteiger charge is -2.41. The van der Waals surface area contributed by atoms with Gasteiger partial charge in [-0.25, -0.2) is 15.0 Å². The van der Waals surface area contributed by atoms with Crippen molar-refractivity contribution in [3.63, 3.8) is 0 Å². The number of aromatic amines is 1. The lowest BCUT2D eigenvalue weighted by atomic mass is 9.73. The van der Waals surface area contributed by atoms with E-state index in [2.05, 4.69) is 33.8 Å². The van der Waals surface area contributed by atoms with Gasteiger partial charge in [-0.05, 0) is 38.3 Å². The normalized spacial score (nSPS) is 24.4. The van der Waals surface area contributed by atoms with Crippen LogP contribution in [0.1, 0.15) is 55.2 Å². The van der Waals surface area contributed by atoms with Gasteiger partial charge >= 0.3 is 0 Å². The highest BCUT2D eigenvalue weighted by Gasteiger charge is 2.47. The largest absolute Gasteiger partial charge is 0.376 e. The minimum Gasteiger partial charge on any atom is -0.376 e. The summed E-state index contributed by atoms with van der Waals surface area (Å²) < 4.78 is 5.86. The Bertz CT molecular complexity index is 1340. The number of hydrogen-bond donors (Lipinski definition) is 2. The summed E-state index contributed by atoms with van der Waals surface area (Å²) in [5, 5.41) is 7.71. The molecule has 3 aromatic rings. The molecule has 0 aromatic carbocycles. The number of carbonyl (C=O) groups excluding carboxylic acids is 1. The SMILES string of the molecule is C[C@@H]1CCN(c2n[nH]c3nc(N4CCC5(CC4)CO[C@@H](C)[C@H]5N)cnc23)c2ccc(C(=O)N(C)C)nc21.Cl. The Balaban J connectivity index is 0.00000294. The van der Waals surface area contributed by atoms with E-state index >= 15 is 0 Å². The van der Waals surface area contributed by atoms with E-state index in [-0.39, 0.29) is 41.8 Å². The van der Waals surface area contributed by atoms with Crippen LogP contribution in [0.2, 0.25) is 0 Å². The third-order valence-corrected chi connectivity index (χ3v) is 8.50. The fourth-order valence-corrected chi connectivity index (χ4v) is 5.98. The van der Waals surface area contributed by atoms with E-state index in [1.807, 2.05) is 12.3 Å². The van der Waals surface area contributed by atoms with E-state index < -0.39 is 0 Å². The third-order valence-electron chi connectivity index (χ3n) is 8.50. The van der Waals surface area contributed by atoms with E-state index in [0.29, 0.717) is 11.3 Å². The molecular formula is C26H36ClN9O2. The molecule has 1 spiro atoms. The number of fused-ring (bicyclic) bond motifs is 2. The van der Waals surface area contributed by atoms with E-state index in [1.165, 1.54) is 0 Å². The second-order valence-corrected chi connectivity index (χ2v) is 11.0. The van der Waals surface area contributed by atoms with Gasteiger partial charge in [0.2, 0.25) is 0 Å². The van der Waals surface area contributed by atoms with Crippen LogP contribution in [0.4, 0.5) is 17.3 Å². The maximum Gasteiger partial charge on any atom is 0.271 e. The van der Waals surface area contributed by atoms with Crippen LogP contribution < -0.4 is 15.5 Å². The van der Waals surface area contributed by atoms with Crippen molar-refractivity contribution in [2.75, 3.05) is 50.1 Å². The van der Waals surface area contributed by atoms with Gasteiger partial charge in [-0.2, -0.15) is 5.10 Å². The lowest BCUT2D eigenvalue weighted by Crippen LogP contribution is -2.50. The molecule has 0 aliphatic carbocycles. The van der Waals surface area contributed by atoms with Crippen LogP contribution >= 0.6 is 12.4 Å². The van der Waals surface area contributed by atoms with Gasteiger partial charge in [0.25, 0.3) is 5.91 Å². The summed E-state index contributed by atoms with van der Waals surface area (Å²) in [4.78, 5) is 32.9. The summed E-state index contributed by atoms with van der Waals surface area (Å²) in [7, 11) is 3.48. The minimum atomic E-state index is -0.101. The van der Waals surface area contributed by atoms with Gasteiger partial charge in [0.1, 0.15) is 11.5 Å². The summed E-state index contributed by atoms with van der Waals surface area (Å²) in [5.41, 5.74) is 10.3. The molecule has 3 N–H and O–H groups in total. The fourth-order valence-electron chi connectivity index (χ4n) is 5.98. The molecule has 204 valence electrons. The number of H-pyrrole nitrogens is 1. The van der Waals surface area contributed by atoms with Gasteiger partial charge < -0.3 is 25.2 Å². The van der Waals surface area contributed by atoms with Gasteiger partial charge in [0, 0.05) is 51.1 Å². The fraction of sp³-hybridized carbons (Fsp3) is 0.577. The van der Waals surface area contributed by atoms with Gasteiger partial charge in [0.15, 0.2) is 17.0 Å². The number of pyridine rings is 1. The van der Waals surface area contributed by atoms with Crippen molar-refractivity contribution in [2.24, 2.45) is 11.1 Å². The van der Waals surface area contributed by atoms with Crippen LogP contribution in [0.15, 0.2) is 18.3 Å². The van der Waals surface area contributed by atoms with Crippen LogP contribution in [0.25, 0.3) is 11.2 Å². The monoisotopic (exact) mass is 541 g/mol. The number of anilines is 3. The summed E-state index contributed by atoms with van der Waals surface area (Å²) in [6.45, 7) is 7.50. The highest BCUT2D eigenvalue weighted by molar-refractivity contribution is 5.93. The average Bonchev–Trinajstić information content (AvgIpc) is 3.45. The summed E-state index contributed by atoms with van der Waals surface area (Å²) >= 11 is 0. The molecule has 0 saturated carbocycles. The van der Waals surface area contributed by atoms with Crippen molar-refractivity contribution >= 4 is 46.8 Å². The Morgan fingerprint density at radius 3 is 2.63 bits per heavy atom. The zero-order chi connectivity index (χ0) is 25.9. The number of amides is 1. The van der Waals surface area contributed by atoms with E-state index in [9.17, 15) is 4.79 Å². The molecule has 2 fully saturated rings. The van der Waals surface area contributed by atoms with Gasteiger partial charge in [-0.1, -0.05) is 6.92 Å². The van der Waals surface area contributed by atoms with Gasteiger partial charge in [-0.3, -0.25) is 9.89 Å². The van der Waals surface area contributed by atoms with Crippen molar-refractivity contribution in [3.8, 4) is 0 Å². The molecule has 0 unspecified atom stereocenters. The number of aromatic nitrogens is 5. The zero-order valence-electron chi connectivity index (χ0n) is 22.3. The molecule has 0 radical (unpaired) electrons.